The Balaban J connectivity index is 2.52. The molecule has 0 fully saturated rings. The summed E-state index contributed by atoms with van der Waals surface area (Å²) < 4.78 is 6.13. The van der Waals surface area contributed by atoms with E-state index in [1.165, 1.54) is 7.11 Å². The van der Waals surface area contributed by atoms with Gasteiger partial charge in [-0.25, -0.2) is 9.97 Å². The zero-order valence-corrected chi connectivity index (χ0v) is 13.7. The fourth-order valence-corrected chi connectivity index (χ4v) is 2.22. The highest BCUT2D eigenvalue weighted by atomic mass is 127. The molecule has 0 amide bonds. The summed E-state index contributed by atoms with van der Waals surface area (Å²) in [5.41, 5.74) is 1.72. The topological polar surface area (TPSA) is 67.3 Å². The van der Waals surface area contributed by atoms with Gasteiger partial charge in [0.15, 0.2) is 17.3 Å². The molecular formula is C14H16IN3O2. The largest absolute Gasteiger partial charge is 0.504 e. The third kappa shape index (κ3) is 2.95. The lowest BCUT2D eigenvalue weighted by Gasteiger charge is -2.11. The maximum absolute atomic E-state index is 9.64. The Morgan fingerprint density at radius 1 is 1.35 bits per heavy atom. The van der Waals surface area contributed by atoms with Crippen molar-refractivity contribution in [2.24, 2.45) is 0 Å². The summed E-state index contributed by atoms with van der Waals surface area (Å²) in [7, 11) is 1.52. The molecule has 0 aliphatic heterocycles. The van der Waals surface area contributed by atoms with Crippen LogP contribution in [0.1, 0.15) is 12.6 Å². The van der Waals surface area contributed by atoms with Crippen LogP contribution in [0, 0.1) is 10.5 Å². The number of anilines is 1. The molecule has 0 aliphatic rings. The first-order chi connectivity index (χ1) is 9.56. The highest BCUT2D eigenvalue weighted by molar-refractivity contribution is 14.1. The zero-order chi connectivity index (χ0) is 14.7. The first-order valence-electron chi connectivity index (χ1n) is 6.22. The van der Waals surface area contributed by atoms with Crippen LogP contribution in [0.2, 0.25) is 0 Å². The summed E-state index contributed by atoms with van der Waals surface area (Å²) in [4.78, 5) is 9.03. The van der Waals surface area contributed by atoms with E-state index in [9.17, 15) is 5.11 Å². The lowest BCUT2D eigenvalue weighted by atomic mass is 10.2. The molecule has 1 aromatic heterocycles. The van der Waals surface area contributed by atoms with Crippen LogP contribution in [0.25, 0.3) is 11.4 Å². The van der Waals surface area contributed by atoms with Crippen LogP contribution in [-0.4, -0.2) is 28.7 Å². The molecule has 0 radical (unpaired) electrons. The maximum atomic E-state index is 9.64. The van der Waals surface area contributed by atoms with Crippen molar-refractivity contribution in [3.8, 4) is 22.9 Å². The summed E-state index contributed by atoms with van der Waals surface area (Å²) in [6.07, 6.45) is 0. The van der Waals surface area contributed by atoms with Crippen molar-refractivity contribution in [1.82, 2.24) is 9.97 Å². The second kappa shape index (κ2) is 6.25. The molecule has 0 saturated carbocycles. The van der Waals surface area contributed by atoms with Gasteiger partial charge in [0.1, 0.15) is 5.82 Å². The van der Waals surface area contributed by atoms with Gasteiger partial charge in [-0.05, 0) is 54.6 Å². The van der Waals surface area contributed by atoms with Gasteiger partial charge >= 0.3 is 0 Å². The second-order valence-electron chi connectivity index (χ2n) is 4.21. The standard InChI is InChI=1S/C14H16IN3O2/c1-4-16-14-12(15)8(2)17-13(18-14)9-5-6-10(19)11(7-9)20-3/h5-7,19H,4H2,1-3H3,(H,16,17,18). The number of phenolic OH excluding ortho intramolecular Hbond substituents is 1. The van der Waals surface area contributed by atoms with Crippen LogP contribution in [0.3, 0.4) is 0 Å². The van der Waals surface area contributed by atoms with Crippen LogP contribution in [0.4, 0.5) is 5.82 Å². The molecule has 106 valence electrons. The third-order valence-corrected chi connectivity index (χ3v) is 4.09. The Kier molecular flexibility index (Phi) is 4.64. The predicted octanol–water partition coefficient (Wildman–Crippen LogP) is 3.20. The van der Waals surface area contributed by atoms with Crippen molar-refractivity contribution >= 4 is 28.4 Å². The number of hydrogen-bond acceptors (Lipinski definition) is 5. The average molecular weight is 385 g/mol. The van der Waals surface area contributed by atoms with Gasteiger partial charge in [-0.3, -0.25) is 0 Å². The van der Waals surface area contributed by atoms with Gasteiger partial charge in [-0.2, -0.15) is 0 Å². The van der Waals surface area contributed by atoms with Gasteiger partial charge in [-0.15, -0.1) is 0 Å². The van der Waals surface area contributed by atoms with Crippen LogP contribution in [-0.2, 0) is 0 Å². The van der Waals surface area contributed by atoms with E-state index in [2.05, 4.69) is 37.9 Å². The molecule has 0 unspecified atom stereocenters. The molecule has 5 nitrogen and oxygen atoms in total. The molecular weight excluding hydrogens is 369 g/mol. The maximum Gasteiger partial charge on any atom is 0.161 e. The Bertz CT molecular complexity index is 632. The van der Waals surface area contributed by atoms with E-state index in [-0.39, 0.29) is 5.75 Å². The van der Waals surface area contributed by atoms with Gasteiger partial charge in [0.25, 0.3) is 0 Å². The van der Waals surface area contributed by atoms with Crippen LogP contribution in [0.5, 0.6) is 11.5 Å². The van der Waals surface area contributed by atoms with Crippen molar-refractivity contribution < 1.29 is 9.84 Å². The Morgan fingerprint density at radius 3 is 2.75 bits per heavy atom. The van der Waals surface area contributed by atoms with Gasteiger partial charge in [0.2, 0.25) is 0 Å². The number of methoxy groups -OCH3 is 1. The number of hydrogen-bond donors (Lipinski definition) is 2. The number of nitrogens with zero attached hydrogens (tertiary/aromatic N) is 2. The number of benzene rings is 1. The summed E-state index contributed by atoms with van der Waals surface area (Å²) in [5.74, 6) is 1.94. The molecule has 6 heteroatoms. The summed E-state index contributed by atoms with van der Waals surface area (Å²) >= 11 is 2.23. The Morgan fingerprint density at radius 2 is 2.10 bits per heavy atom. The second-order valence-corrected chi connectivity index (χ2v) is 5.29. The molecule has 2 N–H and O–H groups in total. The molecule has 2 aromatic rings. The van der Waals surface area contributed by atoms with Crippen molar-refractivity contribution in [2.45, 2.75) is 13.8 Å². The number of aromatic nitrogens is 2. The highest BCUT2D eigenvalue weighted by Gasteiger charge is 2.12. The molecule has 1 aromatic carbocycles. The van der Waals surface area contributed by atoms with E-state index < -0.39 is 0 Å². The molecule has 20 heavy (non-hydrogen) atoms. The summed E-state index contributed by atoms with van der Waals surface area (Å²) in [6.45, 7) is 4.77. The van der Waals surface area contributed by atoms with Gasteiger partial charge in [0, 0.05) is 12.1 Å². The van der Waals surface area contributed by atoms with Crippen LogP contribution >= 0.6 is 22.6 Å². The van der Waals surface area contributed by atoms with E-state index in [0.29, 0.717) is 11.6 Å². The lowest BCUT2D eigenvalue weighted by molar-refractivity contribution is 0.373. The Hall–Kier alpha value is -1.57. The third-order valence-electron chi connectivity index (χ3n) is 2.80. The highest BCUT2D eigenvalue weighted by Crippen LogP contribution is 2.31. The van der Waals surface area contributed by atoms with Gasteiger partial charge < -0.3 is 15.2 Å². The number of rotatable bonds is 4. The smallest absolute Gasteiger partial charge is 0.161 e. The van der Waals surface area contributed by atoms with E-state index in [1.807, 2.05) is 13.8 Å². The minimum atomic E-state index is 0.102. The number of halogens is 1. The minimum Gasteiger partial charge on any atom is -0.504 e. The van der Waals surface area contributed by atoms with E-state index >= 15 is 0 Å². The van der Waals surface area contributed by atoms with E-state index in [0.717, 1.165) is 27.2 Å². The quantitative estimate of drug-likeness (QED) is 0.792. The summed E-state index contributed by atoms with van der Waals surface area (Å²) in [6, 6.07) is 5.08. The fourth-order valence-electron chi connectivity index (χ4n) is 1.79. The first-order valence-corrected chi connectivity index (χ1v) is 7.30. The average Bonchev–Trinajstić information content (AvgIpc) is 2.44. The fraction of sp³-hybridized carbons (Fsp3) is 0.286. The van der Waals surface area contributed by atoms with Crippen molar-refractivity contribution in [1.29, 1.82) is 0 Å². The molecule has 2 rings (SSSR count). The number of ether oxygens (including phenoxy) is 1. The first kappa shape index (κ1) is 14.8. The number of nitrogens with one attached hydrogen (secondary N) is 1. The number of aryl methyl sites for hydroxylation is 1. The lowest BCUT2D eigenvalue weighted by Crippen LogP contribution is -2.06. The molecule has 0 aliphatic carbocycles. The van der Waals surface area contributed by atoms with Crippen molar-refractivity contribution in [2.75, 3.05) is 19.0 Å². The Labute approximate surface area is 131 Å². The van der Waals surface area contributed by atoms with Crippen molar-refractivity contribution in [3.63, 3.8) is 0 Å². The van der Waals surface area contributed by atoms with E-state index in [1.54, 1.807) is 18.2 Å². The van der Waals surface area contributed by atoms with Crippen LogP contribution < -0.4 is 10.1 Å². The molecule has 0 atom stereocenters. The monoisotopic (exact) mass is 385 g/mol. The zero-order valence-electron chi connectivity index (χ0n) is 11.6. The van der Waals surface area contributed by atoms with Gasteiger partial charge in [0.05, 0.1) is 16.4 Å². The predicted molar refractivity (Wildman–Crippen MR) is 87.3 cm³/mol. The minimum absolute atomic E-state index is 0.102. The summed E-state index contributed by atoms with van der Waals surface area (Å²) in [5, 5.41) is 12.9. The SMILES string of the molecule is CCNc1nc(-c2ccc(O)c(OC)c2)nc(C)c1I. The van der Waals surface area contributed by atoms with Crippen molar-refractivity contribution in [3.05, 3.63) is 27.5 Å². The van der Waals surface area contributed by atoms with Gasteiger partial charge in [-0.1, -0.05) is 0 Å². The molecule has 1 heterocycles. The molecule has 0 spiro atoms. The van der Waals surface area contributed by atoms with E-state index in [4.69, 9.17) is 4.74 Å². The number of aromatic hydroxyl groups is 1. The van der Waals surface area contributed by atoms with Crippen LogP contribution in [0.15, 0.2) is 18.2 Å². The molecule has 0 saturated heterocycles. The normalized spacial score (nSPS) is 10.4. The molecule has 0 bridgehead atoms. The number of phenols is 1.